The Kier molecular flexibility index (Phi) is 7.07. The largest absolute Gasteiger partial charge is 0.343 e. The lowest BCUT2D eigenvalue weighted by Gasteiger charge is -2.32. The molecule has 1 aromatic rings. The Labute approximate surface area is 186 Å². The number of piperidine rings is 2. The normalized spacial score (nSPS) is 26.6. The molecule has 166 valence electrons. The van der Waals surface area contributed by atoms with E-state index in [-0.39, 0.29) is 23.7 Å². The topological polar surface area (TPSA) is 73.2 Å². The lowest BCUT2D eigenvalue weighted by Crippen LogP contribution is -2.42. The first-order valence-corrected chi connectivity index (χ1v) is 12.1. The zero-order valence-electron chi connectivity index (χ0n) is 18.7. The van der Waals surface area contributed by atoms with Gasteiger partial charge >= 0.3 is 0 Å². The first kappa shape index (κ1) is 22.0. The number of nitrogens with one attached hydrogen (secondary N) is 1. The molecule has 3 fully saturated rings. The molecule has 5 nitrogen and oxygen atoms in total. The van der Waals surface area contributed by atoms with Gasteiger partial charge in [0.1, 0.15) is 0 Å². The molecule has 2 heterocycles. The second-order valence-corrected chi connectivity index (χ2v) is 9.76. The van der Waals surface area contributed by atoms with Gasteiger partial charge < -0.3 is 10.2 Å². The van der Waals surface area contributed by atoms with Crippen LogP contribution in [-0.4, -0.2) is 41.8 Å². The molecule has 0 aromatic heterocycles. The van der Waals surface area contributed by atoms with E-state index >= 15 is 0 Å². The lowest BCUT2D eigenvalue weighted by atomic mass is 9.86. The molecule has 2 aliphatic heterocycles. The van der Waals surface area contributed by atoms with Crippen LogP contribution >= 0.6 is 0 Å². The van der Waals surface area contributed by atoms with Crippen LogP contribution in [0.4, 0.5) is 0 Å². The number of Topliss-reactive ketones (excluding diaryl/α,β-unsaturated/α-hetero) is 1. The molecule has 2 saturated heterocycles. The van der Waals surface area contributed by atoms with Crippen LogP contribution in [0.5, 0.6) is 0 Å². The highest BCUT2D eigenvalue weighted by Gasteiger charge is 2.42. The zero-order valence-corrected chi connectivity index (χ0v) is 18.7. The van der Waals surface area contributed by atoms with Crippen molar-refractivity contribution in [2.75, 3.05) is 13.1 Å². The molecule has 1 saturated carbocycles. The number of ketones is 1. The maximum Gasteiger partial charge on any atom is 0.222 e. The Morgan fingerprint density at radius 3 is 2.48 bits per heavy atom. The summed E-state index contributed by atoms with van der Waals surface area (Å²) in [7, 11) is 0. The molecule has 5 heteroatoms. The van der Waals surface area contributed by atoms with Crippen molar-refractivity contribution in [3.63, 3.8) is 0 Å². The number of carbonyl (C=O) groups is 2. The van der Waals surface area contributed by atoms with Crippen LogP contribution in [0.25, 0.3) is 0 Å². The SMILES string of the molecule is CCCC(=O)N1CCC(c2ccc(C[C@@H](C#N)CC(=O)[C@H]3N[C@@H]4CC[C@H]3C4)cc2)CC1. The van der Waals surface area contributed by atoms with Crippen LogP contribution < -0.4 is 5.32 Å². The second-order valence-electron chi connectivity index (χ2n) is 9.76. The van der Waals surface area contributed by atoms with E-state index < -0.39 is 0 Å². The van der Waals surface area contributed by atoms with Gasteiger partial charge in [0.25, 0.3) is 0 Å². The van der Waals surface area contributed by atoms with Crippen molar-refractivity contribution in [2.45, 2.75) is 82.7 Å². The second kappa shape index (κ2) is 9.96. The maximum absolute atomic E-state index is 12.7. The van der Waals surface area contributed by atoms with Crippen molar-refractivity contribution >= 4 is 11.7 Å². The standard InChI is InChI=1S/C26H35N3O2/c1-2-3-25(31)29-12-10-21(11-13-29)20-6-4-18(5-7-20)14-19(17-27)15-24(30)26-22-8-9-23(16-22)28-26/h4-7,19,21-23,26,28H,2-3,8-16H2,1H3/t19-,22+,23-,26+/m1/s1. The van der Waals surface area contributed by atoms with Gasteiger partial charge in [-0.15, -0.1) is 0 Å². The summed E-state index contributed by atoms with van der Waals surface area (Å²) in [5.74, 6) is 1.23. The van der Waals surface area contributed by atoms with E-state index in [1.54, 1.807) is 0 Å². The highest BCUT2D eigenvalue weighted by atomic mass is 16.2. The Hall–Kier alpha value is -2.19. The highest BCUT2D eigenvalue weighted by Crippen LogP contribution is 2.36. The summed E-state index contributed by atoms with van der Waals surface area (Å²) >= 11 is 0. The molecule has 2 bridgehead atoms. The zero-order chi connectivity index (χ0) is 21.8. The fourth-order valence-corrected chi connectivity index (χ4v) is 5.79. The van der Waals surface area contributed by atoms with Crippen molar-refractivity contribution in [3.05, 3.63) is 35.4 Å². The van der Waals surface area contributed by atoms with Crippen molar-refractivity contribution in [1.29, 1.82) is 5.26 Å². The van der Waals surface area contributed by atoms with Gasteiger partial charge in [0, 0.05) is 32.0 Å². The number of hydrogen-bond acceptors (Lipinski definition) is 4. The van der Waals surface area contributed by atoms with Crippen LogP contribution in [0, 0.1) is 23.2 Å². The molecular formula is C26H35N3O2. The number of hydrogen-bond donors (Lipinski definition) is 1. The molecule has 31 heavy (non-hydrogen) atoms. The minimum Gasteiger partial charge on any atom is -0.343 e. The number of benzene rings is 1. The summed E-state index contributed by atoms with van der Waals surface area (Å²) in [5.41, 5.74) is 2.45. The molecule has 3 aliphatic rings. The van der Waals surface area contributed by atoms with Crippen molar-refractivity contribution in [3.8, 4) is 6.07 Å². The van der Waals surface area contributed by atoms with Crippen molar-refractivity contribution in [1.82, 2.24) is 10.2 Å². The van der Waals surface area contributed by atoms with Crippen LogP contribution in [-0.2, 0) is 16.0 Å². The van der Waals surface area contributed by atoms with Crippen LogP contribution in [0.15, 0.2) is 24.3 Å². The third-order valence-corrected chi connectivity index (χ3v) is 7.58. The van der Waals surface area contributed by atoms with E-state index in [1.807, 2.05) is 11.8 Å². The van der Waals surface area contributed by atoms with Crippen LogP contribution in [0.1, 0.15) is 75.3 Å². The molecule has 0 unspecified atom stereocenters. The van der Waals surface area contributed by atoms with Gasteiger partial charge in [0.15, 0.2) is 5.78 Å². The number of nitriles is 1. The van der Waals surface area contributed by atoms with E-state index in [9.17, 15) is 14.9 Å². The minimum atomic E-state index is -0.257. The van der Waals surface area contributed by atoms with E-state index in [1.165, 1.54) is 12.0 Å². The van der Waals surface area contributed by atoms with Gasteiger partial charge in [-0.25, -0.2) is 0 Å². The first-order chi connectivity index (χ1) is 15.1. The number of fused-ring (bicyclic) bond motifs is 2. The Balaban J connectivity index is 1.27. The minimum absolute atomic E-state index is 0.0212. The summed E-state index contributed by atoms with van der Waals surface area (Å²) < 4.78 is 0. The molecule has 1 aromatic carbocycles. The summed E-state index contributed by atoms with van der Waals surface area (Å²) in [6.45, 7) is 3.75. The maximum atomic E-state index is 12.7. The van der Waals surface area contributed by atoms with Crippen LogP contribution in [0.2, 0.25) is 0 Å². The van der Waals surface area contributed by atoms with Crippen LogP contribution in [0.3, 0.4) is 0 Å². The van der Waals surface area contributed by atoms with Crippen molar-refractivity contribution in [2.24, 2.45) is 11.8 Å². The molecule has 4 rings (SSSR count). The average molecular weight is 422 g/mol. The molecule has 1 N–H and O–H groups in total. The predicted molar refractivity (Wildman–Crippen MR) is 120 cm³/mol. The van der Waals surface area contributed by atoms with E-state index in [2.05, 4.69) is 35.7 Å². The van der Waals surface area contributed by atoms with E-state index in [0.29, 0.717) is 37.1 Å². The van der Waals surface area contributed by atoms with Gasteiger partial charge in [-0.2, -0.15) is 5.26 Å². The van der Waals surface area contributed by atoms with Crippen molar-refractivity contribution < 1.29 is 9.59 Å². The third-order valence-electron chi connectivity index (χ3n) is 7.58. The number of rotatable bonds is 8. The molecular weight excluding hydrogens is 386 g/mol. The summed E-state index contributed by atoms with van der Waals surface area (Å²) in [6.07, 6.45) is 8.04. The third kappa shape index (κ3) is 5.18. The lowest BCUT2D eigenvalue weighted by molar-refractivity contribution is -0.132. The van der Waals surface area contributed by atoms with Gasteiger partial charge in [-0.1, -0.05) is 31.2 Å². The molecule has 1 amide bonds. The molecule has 1 aliphatic carbocycles. The number of likely N-dealkylation sites (tertiary alicyclic amines) is 1. The Morgan fingerprint density at radius 2 is 1.90 bits per heavy atom. The number of carbonyl (C=O) groups excluding carboxylic acids is 2. The Bertz CT molecular complexity index is 820. The fourth-order valence-electron chi connectivity index (χ4n) is 5.79. The number of amides is 1. The molecule has 4 atom stereocenters. The van der Waals surface area contributed by atoms with Gasteiger partial charge in [0.05, 0.1) is 18.0 Å². The predicted octanol–water partition coefficient (Wildman–Crippen LogP) is 3.97. The Morgan fingerprint density at radius 1 is 1.16 bits per heavy atom. The molecule has 0 radical (unpaired) electrons. The summed E-state index contributed by atoms with van der Waals surface area (Å²) in [4.78, 5) is 26.8. The van der Waals surface area contributed by atoms with E-state index in [0.717, 1.165) is 50.8 Å². The molecule has 0 spiro atoms. The van der Waals surface area contributed by atoms with Gasteiger partial charge in [-0.05, 0) is 67.9 Å². The number of nitrogens with zero attached hydrogens (tertiary/aromatic N) is 2. The summed E-state index contributed by atoms with van der Waals surface area (Å²) in [5, 5.41) is 13.1. The quantitative estimate of drug-likeness (QED) is 0.689. The van der Waals surface area contributed by atoms with Gasteiger partial charge in [0.2, 0.25) is 5.91 Å². The van der Waals surface area contributed by atoms with Gasteiger partial charge in [-0.3, -0.25) is 9.59 Å². The van der Waals surface area contributed by atoms with E-state index in [4.69, 9.17) is 0 Å². The highest BCUT2D eigenvalue weighted by molar-refractivity contribution is 5.85. The summed E-state index contributed by atoms with van der Waals surface area (Å²) in [6, 6.07) is 11.5. The fraction of sp³-hybridized carbons (Fsp3) is 0.654. The monoisotopic (exact) mass is 421 g/mol. The average Bonchev–Trinajstić information content (AvgIpc) is 3.43. The first-order valence-electron chi connectivity index (χ1n) is 12.1. The smallest absolute Gasteiger partial charge is 0.222 e.